The van der Waals surface area contributed by atoms with Crippen LogP contribution in [0.25, 0.3) is 0 Å². The quantitative estimate of drug-likeness (QED) is 0.712. The first-order valence-corrected chi connectivity index (χ1v) is 4.63. The van der Waals surface area contributed by atoms with E-state index in [1.54, 1.807) is 0 Å². The van der Waals surface area contributed by atoms with Crippen LogP contribution >= 0.6 is 11.6 Å². The molecule has 1 aromatic rings. The van der Waals surface area contributed by atoms with E-state index >= 15 is 0 Å². The van der Waals surface area contributed by atoms with Crippen molar-refractivity contribution < 1.29 is 8.42 Å². The van der Waals surface area contributed by atoms with Crippen LogP contribution in [0.4, 0.5) is 0 Å². The van der Waals surface area contributed by atoms with E-state index in [-0.39, 0.29) is 9.92 Å². The number of rotatable bonds is 1. The number of hydrogen-bond donors (Lipinski definition) is 1. The average Bonchev–Trinajstić information content (AvgIpc) is 1.86. The zero-order chi connectivity index (χ0) is 8.48. The fourth-order valence-corrected chi connectivity index (χ4v) is 1.65. The molecule has 0 atom stereocenters. The Morgan fingerprint density at radius 2 is 2.18 bits per heavy atom. The lowest BCUT2D eigenvalue weighted by Gasteiger charge is -1.97. The summed E-state index contributed by atoms with van der Waals surface area (Å²) in [6, 6.07) is 6.86. The summed E-state index contributed by atoms with van der Waals surface area (Å²) < 4.78 is 21.5. The molecule has 0 aliphatic heterocycles. The van der Waals surface area contributed by atoms with E-state index in [1.165, 1.54) is 18.2 Å². The number of hydrogen-bond acceptors (Lipinski definition) is 2. The molecule has 0 fully saturated rings. The van der Waals surface area contributed by atoms with Crippen LogP contribution in [0.1, 0.15) is 0 Å². The number of benzene rings is 1. The molecule has 0 saturated carbocycles. The first-order valence-electron chi connectivity index (χ1n) is 2.71. The molecule has 1 aromatic carbocycles. The minimum atomic E-state index is -3.70. The number of nitrogens with two attached hydrogens (primary N) is 1. The lowest BCUT2D eigenvalue weighted by atomic mass is 10.4. The van der Waals surface area contributed by atoms with Gasteiger partial charge < -0.3 is 0 Å². The van der Waals surface area contributed by atoms with Crippen LogP contribution in [0.5, 0.6) is 0 Å². The molecule has 11 heavy (non-hydrogen) atoms. The summed E-state index contributed by atoms with van der Waals surface area (Å²) in [7, 11) is -3.70. The second-order valence-electron chi connectivity index (χ2n) is 1.89. The predicted molar refractivity (Wildman–Crippen MR) is 41.7 cm³/mol. The molecule has 1 radical (unpaired) electrons. The van der Waals surface area contributed by atoms with Gasteiger partial charge in [-0.1, -0.05) is 23.7 Å². The van der Waals surface area contributed by atoms with Gasteiger partial charge in [0.25, 0.3) is 0 Å². The highest BCUT2D eigenvalue weighted by Gasteiger charge is 2.10. The van der Waals surface area contributed by atoms with E-state index in [0.717, 1.165) is 0 Å². The Balaban J connectivity index is 3.37. The predicted octanol–water partition coefficient (Wildman–Crippen LogP) is 0.788. The van der Waals surface area contributed by atoms with Crippen LogP contribution in [0, 0.1) is 6.07 Å². The molecule has 2 N–H and O–H groups in total. The van der Waals surface area contributed by atoms with Crippen molar-refractivity contribution >= 4 is 21.6 Å². The topological polar surface area (TPSA) is 60.2 Å². The molecule has 0 aliphatic rings. The first kappa shape index (κ1) is 8.52. The van der Waals surface area contributed by atoms with Gasteiger partial charge in [-0.05, 0) is 6.07 Å². The summed E-state index contributed by atoms with van der Waals surface area (Å²) in [4.78, 5) is -0.0957. The maximum Gasteiger partial charge on any atom is 0.239 e. The second-order valence-corrected chi connectivity index (χ2v) is 3.80. The van der Waals surface area contributed by atoms with Gasteiger partial charge in [-0.15, -0.1) is 0 Å². The summed E-state index contributed by atoms with van der Waals surface area (Å²) in [6.07, 6.45) is 0. The standard InChI is InChI=1S/C6H5ClNO2S/c7-5-3-1-2-4-6(5)11(8,9)10/h1-2,4H,(H2,8,9,10). The van der Waals surface area contributed by atoms with Gasteiger partial charge in [-0.25, -0.2) is 13.6 Å². The summed E-state index contributed by atoms with van der Waals surface area (Å²) in [5.41, 5.74) is 0. The number of halogens is 1. The molecule has 0 aliphatic carbocycles. The van der Waals surface area contributed by atoms with Gasteiger partial charge in [0.05, 0.1) is 5.02 Å². The molecular formula is C6H5ClNO2S. The zero-order valence-corrected chi connectivity index (χ0v) is 6.98. The van der Waals surface area contributed by atoms with E-state index in [9.17, 15) is 8.42 Å². The van der Waals surface area contributed by atoms with Crippen LogP contribution in [0.15, 0.2) is 23.1 Å². The minimum Gasteiger partial charge on any atom is -0.225 e. The maximum atomic E-state index is 10.7. The molecule has 0 spiro atoms. The summed E-state index contributed by atoms with van der Waals surface area (Å²) in [5, 5.41) is 4.85. The van der Waals surface area contributed by atoms with Crippen LogP contribution in [-0.4, -0.2) is 8.42 Å². The number of primary sulfonamides is 1. The maximum absolute atomic E-state index is 10.7. The SMILES string of the molecule is NS(=O)(=O)c1ccc[c]c1Cl. The zero-order valence-electron chi connectivity index (χ0n) is 5.41. The van der Waals surface area contributed by atoms with Crippen molar-refractivity contribution in [2.45, 2.75) is 4.90 Å². The lowest BCUT2D eigenvalue weighted by molar-refractivity contribution is 0.598. The van der Waals surface area contributed by atoms with E-state index in [2.05, 4.69) is 6.07 Å². The molecule has 0 aromatic heterocycles. The summed E-state index contributed by atoms with van der Waals surface area (Å²) in [6.45, 7) is 0. The highest BCUT2D eigenvalue weighted by atomic mass is 35.5. The third-order valence-corrected chi connectivity index (χ3v) is 2.45. The Kier molecular flexibility index (Phi) is 2.17. The Labute approximate surface area is 69.8 Å². The second kappa shape index (κ2) is 2.81. The van der Waals surface area contributed by atoms with E-state index in [1.807, 2.05) is 0 Å². The molecule has 0 bridgehead atoms. The summed E-state index contributed by atoms with van der Waals surface area (Å²) in [5.74, 6) is 0. The molecule has 0 saturated heterocycles. The Bertz CT molecular complexity index is 361. The highest BCUT2D eigenvalue weighted by Crippen LogP contribution is 2.17. The Hall–Kier alpha value is -0.580. The van der Waals surface area contributed by atoms with Gasteiger partial charge >= 0.3 is 0 Å². The van der Waals surface area contributed by atoms with E-state index < -0.39 is 10.0 Å². The van der Waals surface area contributed by atoms with Gasteiger partial charge in [0.15, 0.2) is 0 Å². The van der Waals surface area contributed by atoms with Crippen LogP contribution in [0.3, 0.4) is 0 Å². The van der Waals surface area contributed by atoms with Crippen molar-refractivity contribution in [2.24, 2.45) is 5.14 Å². The monoisotopic (exact) mass is 190 g/mol. The van der Waals surface area contributed by atoms with Crippen LogP contribution < -0.4 is 5.14 Å². The fraction of sp³-hybridized carbons (Fsp3) is 0. The highest BCUT2D eigenvalue weighted by molar-refractivity contribution is 7.89. The van der Waals surface area contributed by atoms with Gasteiger partial charge in [-0.2, -0.15) is 0 Å². The normalized spacial score (nSPS) is 11.5. The molecule has 0 heterocycles. The van der Waals surface area contributed by atoms with Crippen molar-refractivity contribution in [1.29, 1.82) is 0 Å². The van der Waals surface area contributed by atoms with Crippen LogP contribution in [0.2, 0.25) is 5.02 Å². The van der Waals surface area contributed by atoms with Crippen molar-refractivity contribution in [3.05, 3.63) is 29.3 Å². The molecule has 3 nitrogen and oxygen atoms in total. The molecule has 1 rings (SSSR count). The number of sulfonamides is 1. The average molecular weight is 191 g/mol. The van der Waals surface area contributed by atoms with Crippen molar-refractivity contribution in [3.8, 4) is 0 Å². The van der Waals surface area contributed by atoms with Gasteiger partial charge in [0.2, 0.25) is 10.0 Å². The molecule has 0 amide bonds. The third kappa shape index (κ3) is 1.92. The van der Waals surface area contributed by atoms with Crippen molar-refractivity contribution in [3.63, 3.8) is 0 Å². The van der Waals surface area contributed by atoms with Crippen LogP contribution in [-0.2, 0) is 10.0 Å². The molecular weight excluding hydrogens is 186 g/mol. The smallest absolute Gasteiger partial charge is 0.225 e. The Morgan fingerprint density at radius 3 is 2.55 bits per heavy atom. The van der Waals surface area contributed by atoms with E-state index in [0.29, 0.717) is 0 Å². The first-order chi connectivity index (χ1) is 5.02. The van der Waals surface area contributed by atoms with Crippen molar-refractivity contribution in [2.75, 3.05) is 0 Å². The largest absolute Gasteiger partial charge is 0.239 e. The van der Waals surface area contributed by atoms with Gasteiger partial charge in [-0.3, -0.25) is 0 Å². The van der Waals surface area contributed by atoms with Gasteiger partial charge in [0.1, 0.15) is 4.90 Å². The van der Waals surface area contributed by atoms with Gasteiger partial charge in [0, 0.05) is 6.07 Å². The lowest BCUT2D eigenvalue weighted by Crippen LogP contribution is -2.12. The third-order valence-electron chi connectivity index (χ3n) is 1.08. The van der Waals surface area contributed by atoms with E-state index in [4.69, 9.17) is 16.7 Å². The van der Waals surface area contributed by atoms with Crippen molar-refractivity contribution in [1.82, 2.24) is 0 Å². The molecule has 59 valence electrons. The summed E-state index contributed by atoms with van der Waals surface area (Å²) >= 11 is 5.49. The Morgan fingerprint density at radius 1 is 1.55 bits per heavy atom. The molecule has 0 unspecified atom stereocenters. The minimum absolute atomic E-state index is 0.0231. The fourth-order valence-electron chi connectivity index (χ4n) is 0.621. The molecule has 5 heteroatoms.